The Hall–Kier alpha value is -1.56. The van der Waals surface area contributed by atoms with Crippen LogP contribution in [0.5, 0.6) is 0 Å². The van der Waals surface area contributed by atoms with Gasteiger partial charge >= 0.3 is 5.97 Å². The number of hydrogen-bond acceptors (Lipinski definition) is 3. The standard InChI is InChI=1S/C14H13Cl2N3O2/c1-18-6-5-10-8(7-18)13(14(20)21)17-19(10)11-4-2-3-9(15)12(11)16/h2-4H,5-7H2,1H3,(H,20,21). The van der Waals surface area contributed by atoms with Crippen LogP contribution in [-0.4, -0.2) is 39.3 Å². The predicted octanol–water partition coefficient (Wildman–Crippen LogP) is 2.87. The average molecular weight is 326 g/mol. The second-order valence-electron chi connectivity index (χ2n) is 5.05. The number of aromatic carboxylic acids is 1. The maximum atomic E-state index is 11.4. The van der Waals surface area contributed by atoms with Gasteiger partial charge in [-0.15, -0.1) is 0 Å². The molecule has 0 saturated carbocycles. The number of hydrogen-bond donors (Lipinski definition) is 1. The van der Waals surface area contributed by atoms with Crippen LogP contribution >= 0.6 is 23.2 Å². The first kappa shape index (κ1) is 14.4. The molecule has 0 fully saturated rings. The molecule has 110 valence electrons. The van der Waals surface area contributed by atoms with Crippen LogP contribution in [0.25, 0.3) is 5.69 Å². The van der Waals surface area contributed by atoms with E-state index in [1.165, 1.54) is 0 Å². The summed E-state index contributed by atoms with van der Waals surface area (Å²) in [5, 5.41) is 14.4. The van der Waals surface area contributed by atoms with E-state index in [1.807, 2.05) is 7.05 Å². The summed E-state index contributed by atoms with van der Waals surface area (Å²) in [5.74, 6) is -1.03. The Bertz CT molecular complexity index is 727. The molecule has 2 heterocycles. The van der Waals surface area contributed by atoms with Crippen molar-refractivity contribution < 1.29 is 9.90 Å². The van der Waals surface area contributed by atoms with E-state index in [4.69, 9.17) is 23.2 Å². The minimum Gasteiger partial charge on any atom is -0.476 e. The number of halogens is 2. The number of likely N-dealkylation sites (N-methyl/N-ethyl adjacent to an activating group) is 1. The number of carboxylic acids is 1. The summed E-state index contributed by atoms with van der Waals surface area (Å²) in [4.78, 5) is 13.5. The van der Waals surface area contributed by atoms with Gasteiger partial charge in [-0.25, -0.2) is 9.48 Å². The summed E-state index contributed by atoms with van der Waals surface area (Å²) in [6.45, 7) is 1.41. The number of rotatable bonds is 2. The SMILES string of the molecule is CN1CCc2c(c(C(=O)O)nn2-c2cccc(Cl)c2Cl)C1. The van der Waals surface area contributed by atoms with Gasteiger partial charge in [0.25, 0.3) is 0 Å². The molecule has 7 heteroatoms. The molecule has 1 aromatic carbocycles. The van der Waals surface area contributed by atoms with Crippen molar-refractivity contribution in [3.8, 4) is 5.69 Å². The van der Waals surface area contributed by atoms with Gasteiger partial charge in [-0.3, -0.25) is 0 Å². The minimum absolute atomic E-state index is 0.0765. The molecule has 0 spiro atoms. The van der Waals surface area contributed by atoms with Crippen LogP contribution in [0.4, 0.5) is 0 Å². The molecule has 0 aliphatic carbocycles. The van der Waals surface area contributed by atoms with Crippen LogP contribution in [0.15, 0.2) is 18.2 Å². The van der Waals surface area contributed by atoms with Crippen molar-refractivity contribution >= 4 is 29.2 Å². The second-order valence-corrected chi connectivity index (χ2v) is 5.84. The van der Waals surface area contributed by atoms with Gasteiger partial charge in [-0.05, 0) is 19.2 Å². The highest BCUT2D eigenvalue weighted by Crippen LogP contribution is 2.32. The normalized spacial score (nSPS) is 15.0. The van der Waals surface area contributed by atoms with Gasteiger partial charge < -0.3 is 10.0 Å². The van der Waals surface area contributed by atoms with Crippen LogP contribution in [0, 0.1) is 0 Å². The summed E-state index contributed by atoms with van der Waals surface area (Å²) in [6, 6.07) is 5.24. The largest absolute Gasteiger partial charge is 0.476 e. The van der Waals surface area contributed by atoms with Gasteiger partial charge in [0.1, 0.15) is 0 Å². The zero-order valence-corrected chi connectivity index (χ0v) is 12.8. The molecule has 0 unspecified atom stereocenters. The van der Waals surface area contributed by atoms with Crippen molar-refractivity contribution in [2.75, 3.05) is 13.6 Å². The van der Waals surface area contributed by atoms with Crippen molar-refractivity contribution in [3.05, 3.63) is 45.2 Å². The van der Waals surface area contributed by atoms with Crippen molar-refractivity contribution in [1.82, 2.24) is 14.7 Å². The Morgan fingerprint density at radius 3 is 2.86 bits per heavy atom. The third-order valence-electron chi connectivity index (χ3n) is 3.61. The maximum Gasteiger partial charge on any atom is 0.356 e. The molecule has 0 amide bonds. The van der Waals surface area contributed by atoms with Gasteiger partial charge in [0.05, 0.1) is 21.4 Å². The van der Waals surface area contributed by atoms with Gasteiger partial charge in [-0.2, -0.15) is 5.10 Å². The Morgan fingerprint density at radius 2 is 2.14 bits per heavy atom. The third kappa shape index (κ3) is 2.41. The molecule has 0 radical (unpaired) electrons. The lowest BCUT2D eigenvalue weighted by Crippen LogP contribution is -2.28. The summed E-state index contributed by atoms with van der Waals surface area (Å²) in [5.41, 5.74) is 2.31. The summed E-state index contributed by atoms with van der Waals surface area (Å²) in [7, 11) is 1.96. The van der Waals surface area contributed by atoms with Crippen molar-refractivity contribution in [2.24, 2.45) is 0 Å². The zero-order valence-electron chi connectivity index (χ0n) is 11.3. The van der Waals surface area contributed by atoms with E-state index >= 15 is 0 Å². The quantitative estimate of drug-likeness (QED) is 0.922. The molecule has 21 heavy (non-hydrogen) atoms. The van der Waals surface area contributed by atoms with Crippen molar-refractivity contribution in [2.45, 2.75) is 13.0 Å². The Balaban J connectivity index is 2.22. The van der Waals surface area contributed by atoms with Crippen LogP contribution in [0.3, 0.4) is 0 Å². The van der Waals surface area contributed by atoms with E-state index < -0.39 is 5.97 Å². The zero-order chi connectivity index (χ0) is 15.1. The predicted molar refractivity (Wildman–Crippen MR) is 80.6 cm³/mol. The highest BCUT2D eigenvalue weighted by atomic mass is 35.5. The number of carboxylic acid groups (broad SMARTS) is 1. The third-order valence-corrected chi connectivity index (χ3v) is 4.42. The molecule has 0 saturated heterocycles. The second kappa shape index (κ2) is 5.33. The van der Waals surface area contributed by atoms with E-state index in [0.717, 1.165) is 24.2 Å². The lowest BCUT2D eigenvalue weighted by Gasteiger charge is -2.23. The first-order valence-electron chi connectivity index (χ1n) is 6.46. The number of carbonyl (C=O) groups is 1. The molecule has 2 aromatic rings. The molecule has 3 rings (SSSR count). The molecule has 0 atom stereocenters. The topological polar surface area (TPSA) is 58.4 Å². The molecule has 1 aromatic heterocycles. The lowest BCUT2D eigenvalue weighted by atomic mass is 10.1. The Morgan fingerprint density at radius 1 is 1.38 bits per heavy atom. The smallest absolute Gasteiger partial charge is 0.356 e. The lowest BCUT2D eigenvalue weighted by molar-refractivity contribution is 0.0687. The van der Waals surface area contributed by atoms with E-state index in [2.05, 4.69) is 10.00 Å². The summed E-state index contributed by atoms with van der Waals surface area (Å²) < 4.78 is 1.61. The van der Waals surface area contributed by atoms with Crippen LogP contribution in [0.2, 0.25) is 10.0 Å². The first-order valence-corrected chi connectivity index (χ1v) is 7.21. The number of aromatic nitrogens is 2. The van der Waals surface area contributed by atoms with E-state index in [0.29, 0.717) is 22.3 Å². The molecule has 1 aliphatic heterocycles. The van der Waals surface area contributed by atoms with Crippen molar-refractivity contribution in [1.29, 1.82) is 0 Å². The fraction of sp³-hybridized carbons (Fsp3) is 0.286. The molecule has 1 aliphatic rings. The average Bonchev–Trinajstić information content (AvgIpc) is 2.80. The van der Waals surface area contributed by atoms with Gasteiger partial charge in [-0.1, -0.05) is 29.3 Å². The number of fused-ring (bicyclic) bond motifs is 1. The monoisotopic (exact) mass is 325 g/mol. The van der Waals surface area contributed by atoms with Crippen molar-refractivity contribution in [3.63, 3.8) is 0 Å². The van der Waals surface area contributed by atoms with Gasteiger partial charge in [0.2, 0.25) is 0 Å². The Kier molecular flexibility index (Phi) is 3.65. The Labute approximate surface area is 131 Å². The molecule has 5 nitrogen and oxygen atoms in total. The fourth-order valence-electron chi connectivity index (χ4n) is 2.58. The summed E-state index contributed by atoms with van der Waals surface area (Å²) in [6.07, 6.45) is 0.717. The summed E-state index contributed by atoms with van der Waals surface area (Å²) >= 11 is 12.3. The van der Waals surface area contributed by atoms with E-state index in [1.54, 1.807) is 22.9 Å². The maximum absolute atomic E-state index is 11.4. The fourth-order valence-corrected chi connectivity index (χ4v) is 2.96. The van der Waals surface area contributed by atoms with E-state index in [9.17, 15) is 9.90 Å². The molecule has 0 bridgehead atoms. The van der Waals surface area contributed by atoms with Crippen LogP contribution in [-0.2, 0) is 13.0 Å². The number of benzene rings is 1. The number of nitrogens with zero attached hydrogens (tertiary/aromatic N) is 3. The van der Waals surface area contributed by atoms with Crippen LogP contribution < -0.4 is 0 Å². The molecule has 1 N–H and O–H groups in total. The minimum atomic E-state index is -1.03. The highest BCUT2D eigenvalue weighted by molar-refractivity contribution is 6.43. The first-order chi connectivity index (χ1) is 9.99. The molecular formula is C14H13Cl2N3O2. The molecular weight excluding hydrogens is 313 g/mol. The van der Waals surface area contributed by atoms with E-state index in [-0.39, 0.29) is 5.69 Å². The van der Waals surface area contributed by atoms with Crippen LogP contribution in [0.1, 0.15) is 21.7 Å². The van der Waals surface area contributed by atoms with Gasteiger partial charge in [0.15, 0.2) is 5.69 Å². The highest BCUT2D eigenvalue weighted by Gasteiger charge is 2.28. The van der Waals surface area contributed by atoms with Gasteiger partial charge in [0, 0.05) is 25.1 Å².